The van der Waals surface area contributed by atoms with Crippen LogP contribution < -0.4 is 44.3 Å². The van der Waals surface area contributed by atoms with Gasteiger partial charge in [-0.15, -0.1) is 0 Å². The minimum Gasteiger partial charge on any atom is -0.494 e. The predicted molar refractivity (Wildman–Crippen MR) is 550 cm³/mol. The third kappa shape index (κ3) is 28.3. The molecule has 15 rings (SSSR count). The van der Waals surface area contributed by atoms with E-state index in [1.54, 1.807) is 135 Å². The molecule has 0 aliphatic carbocycles. The average molecular weight is 2080 g/mol. The van der Waals surface area contributed by atoms with Crippen LogP contribution >= 0.6 is 69.6 Å². The van der Waals surface area contributed by atoms with Gasteiger partial charge in [-0.05, 0) is 275 Å². The Morgan fingerprint density at radius 2 is 0.636 bits per heavy atom. The topological polar surface area (TPSA) is 367 Å². The van der Waals surface area contributed by atoms with E-state index >= 15 is 0 Å². The van der Waals surface area contributed by atoms with E-state index in [2.05, 4.69) is 45.1 Å². The number of hydrogen-bond acceptors (Lipinski definition) is 15. The molecule has 9 N–H and O–H groups in total. The molecule has 140 heavy (non-hydrogen) atoms. The second kappa shape index (κ2) is 47.4. The molecule has 0 radical (unpaired) electrons. The molecular formula is C103H103Cl6FN12O15S3. The van der Waals surface area contributed by atoms with Crippen molar-refractivity contribution in [2.75, 3.05) is 56.7 Å². The number of aromatic amines is 3. The molecule has 37 heteroatoms. The number of carbonyl (C=O) groups is 6. The van der Waals surface area contributed by atoms with Gasteiger partial charge in [0.15, 0.2) is 0 Å². The SMILES string of the molecule is Cc1cc(OCCCc2c(C(=O)NS(=O)(=O)CCNC(=O)c3cccn3Cc3ccc(F)cc3)[nH]c3cc(Cl)ccc23)cc(C)c1Cl.Cc1cc(OCCCc2c(C(=O)NS(=O)(=O)CCNC(=O)c3cccn3Cc3ccccc3)[nH]c3cc(Cl)ccc23)cc(C)c1Cl.Cc1cccc(Cn2cccc2C(=O)NCCS(=O)(=O)NC(=O)c2[nH]c3cc(Cl)ccc3c2CCCOc2cc(C)c(Cl)c(C)c2)c1. The number of halogens is 7. The van der Waals surface area contributed by atoms with Gasteiger partial charge < -0.3 is 58.8 Å². The van der Waals surface area contributed by atoms with Crippen LogP contribution in [0.25, 0.3) is 32.7 Å². The first-order valence-corrected chi connectivity index (χ1v) is 51.9. The van der Waals surface area contributed by atoms with Crippen molar-refractivity contribution in [1.82, 2.24) is 58.8 Å². The third-order valence-corrected chi connectivity index (χ3v) is 29.0. The fraction of sp³-hybridized carbons (Fsp3) is 0.243. The molecule has 0 fully saturated rings. The van der Waals surface area contributed by atoms with E-state index in [9.17, 15) is 58.4 Å². The monoisotopic (exact) mass is 2070 g/mol. The number of rotatable bonds is 39. The third-order valence-electron chi connectivity index (χ3n) is 22.8. The summed E-state index contributed by atoms with van der Waals surface area (Å²) in [6.45, 7) is 15.3. The number of fused-ring (bicyclic) bond motifs is 3. The van der Waals surface area contributed by atoms with Crippen LogP contribution in [0.3, 0.4) is 0 Å². The number of aromatic nitrogens is 6. The number of ether oxygens (including phenoxy) is 3. The molecule has 6 amide bonds. The number of benzene rings is 9. The van der Waals surface area contributed by atoms with Gasteiger partial charge in [0, 0.05) is 121 Å². The van der Waals surface area contributed by atoms with Gasteiger partial charge in [-0.3, -0.25) is 28.8 Å². The Labute approximate surface area is 840 Å². The highest BCUT2D eigenvalue weighted by Crippen LogP contribution is 2.34. The second-order valence-electron chi connectivity index (χ2n) is 33.7. The number of sulfonamides is 3. The molecule has 0 unspecified atom stereocenters. The molecular weight excluding hydrogens is 1970 g/mol. The lowest BCUT2D eigenvalue weighted by atomic mass is 10.1. The van der Waals surface area contributed by atoms with Gasteiger partial charge in [-0.2, -0.15) is 0 Å². The maximum absolute atomic E-state index is 13.3. The van der Waals surface area contributed by atoms with Crippen LogP contribution in [-0.4, -0.2) is 146 Å². The Hall–Kier alpha value is -12.8. The van der Waals surface area contributed by atoms with E-state index in [1.807, 2.05) is 139 Å². The molecule has 6 heterocycles. The van der Waals surface area contributed by atoms with Crippen molar-refractivity contribution in [2.45, 2.75) is 107 Å². The van der Waals surface area contributed by atoms with Crippen molar-refractivity contribution in [2.24, 2.45) is 0 Å². The molecule has 0 bridgehead atoms. The van der Waals surface area contributed by atoms with Gasteiger partial charge in [-0.25, -0.2) is 43.8 Å². The van der Waals surface area contributed by atoms with Gasteiger partial charge in [0.25, 0.3) is 35.4 Å². The lowest BCUT2D eigenvalue weighted by Crippen LogP contribution is -2.38. The number of nitrogens with zero attached hydrogens (tertiary/aromatic N) is 3. The first kappa shape index (κ1) is 105. The summed E-state index contributed by atoms with van der Waals surface area (Å²) in [6.07, 6.45) is 8.24. The van der Waals surface area contributed by atoms with E-state index in [1.165, 1.54) is 12.1 Å². The van der Waals surface area contributed by atoms with Gasteiger partial charge in [-0.1, -0.05) is 160 Å². The van der Waals surface area contributed by atoms with Gasteiger partial charge in [0.05, 0.1) is 37.1 Å². The molecule has 0 atom stereocenters. The molecule has 0 aliphatic heterocycles. The van der Waals surface area contributed by atoms with E-state index < -0.39 is 82.8 Å². The summed E-state index contributed by atoms with van der Waals surface area (Å²) in [6, 6.07) is 60.5. The van der Waals surface area contributed by atoms with Crippen molar-refractivity contribution in [1.29, 1.82) is 0 Å². The molecule has 732 valence electrons. The summed E-state index contributed by atoms with van der Waals surface area (Å²) in [5, 5.41) is 13.7. The zero-order valence-electron chi connectivity index (χ0n) is 77.4. The summed E-state index contributed by atoms with van der Waals surface area (Å²) >= 11 is 37.3. The maximum Gasteiger partial charge on any atom is 0.281 e. The van der Waals surface area contributed by atoms with Crippen molar-refractivity contribution < 1.29 is 72.6 Å². The van der Waals surface area contributed by atoms with Gasteiger partial charge in [0.2, 0.25) is 30.1 Å². The van der Waals surface area contributed by atoms with Crippen LogP contribution in [0.15, 0.2) is 225 Å². The minimum absolute atomic E-state index is 0.103. The van der Waals surface area contributed by atoms with Crippen LogP contribution in [0.2, 0.25) is 30.1 Å². The van der Waals surface area contributed by atoms with Crippen molar-refractivity contribution in [3.05, 3.63) is 367 Å². The Kier molecular flexibility index (Phi) is 35.4. The highest BCUT2D eigenvalue weighted by atomic mass is 35.5. The molecule has 15 aromatic rings. The summed E-state index contributed by atoms with van der Waals surface area (Å²) < 4.78 is 120. The highest BCUT2D eigenvalue weighted by Gasteiger charge is 2.29. The summed E-state index contributed by atoms with van der Waals surface area (Å²) in [4.78, 5) is 87.6. The quantitative estimate of drug-likeness (QED) is 0.0162. The number of H-pyrrole nitrogens is 3. The normalized spacial score (nSPS) is 11.5. The van der Waals surface area contributed by atoms with E-state index in [-0.39, 0.29) is 42.5 Å². The lowest BCUT2D eigenvalue weighted by molar-refractivity contribution is 0.0938. The fourth-order valence-corrected chi connectivity index (χ4v) is 19.5. The zero-order chi connectivity index (χ0) is 100. The summed E-state index contributed by atoms with van der Waals surface area (Å²) in [7, 11) is -12.3. The Morgan fingerprint density at radius 1 is 0.336 bits per heavy atom. The second-order valence-corrected chi connectivity index (χ2v) is 41.6. The molecule has 0 saturated heterocycles. The molecule has 0 saturated carbocycles. The maximum atomic E-state index is 13.3. The van der Waals surface area contributed by atoms with Crippen LogP contribution in [0.4, 0.5) is 4.39 Å². The zero-order valence-corrected chi connectivity index (χ0v) is 84.4. The Morgan fingerprint density at radius 3 is 0.950 bits per heavy atom. The van der Waals surface area contributed by atoms with Crippen LogP contribution in [-0.2, 0) is 69.0 Å². The average Bonchev–Trinajstić information content (AvgIpc) is 1.64. The molecule has 9 aromatic carbocycles. The molecule has 27 nitrogen and oxygen atoms in total. The number of carbonyl (C=O) groups excluding carboxylic acids is 6. The van der Waals surface area contributed by atoms with Crippen molar-refractivity contribution in [3.63, 3.8) is 0 Å². The van der Waals surface area contributed by atoms with Gasteiger partial charge in [0.1, 0.15) is 57.2 Å². The first-order chi connectivity index (χ1) is 66.8. The number of nitrogens with one attached hydrogen (secondary N) is 9. The standard InChI is InChI=1S/C35H36Cl2N4O5S.C34H33Cl2FN4O5S.C34H34Cl2N4O5S/c1-22-7-4-8-25(17-22)21-41-14-5-10-31(41)34(42)38-13-16-47(44,45)40-35(43)33-29(28-12-11-26(36)20-30(28)39-33)9-6-15-46-27-18-23(2)32(37)24(3)19-27;1-21-17-26(18-22(2)31(21)36)46-15-4-5-28-27-12-9-24(35)19-29(27)39-32(28)34(43)40-47(44,45)16-13-38-33(42)30-6-3-14-41(30)20-23-7-10-25(37)11-8-23;1-22-18-26(19-23(2)31(22)36)45-16-7-10-28-27-13-12-25(35)20-29(27)38-32(28)34(42)39-46(43,44)17-14-37-33(41)30-11-6-15-40(30)21-24-8-4-3-5-9-24/h4-5,7-8,10-12,14,17-20,39H,6,9,13,15-16,21H2,1-3H3,(H,38,42)(H,40,43);3,6-12,14,17-19,39H,4-5,13,15-16,20H2,1-2H3,(H,38,42)(H,40,43);3-6,8-9,11-13,15,18-20,38H,7,10,14,16-17,21H2,1-2H3,(H,37,41)(H,39,42). The number of hydrogen-bond donors (Lipinski definition) is 9. The Bertz CT molecular complexity index is 7400. The van der Waals surface area contributed by atoms with Gasteiger partial charge >= 0.3 is 0 Å². The summed E-state index contributed by atoms with van der Waals surface area (Å²) in [5.74, 6) is -3.50. The minimum atomic E-state index is -4.13. The molecule has 0 aliphatic rings. The van der Waals surface area contributed by atoms with E-state index in [4.69, 9.17) is 83.8 Å². The molecule has 6 aromatic heterocycles. The van der Waals surface area contributed by atoms with Crippen LogP contribution in [0.5, 0.6) is 17.2 Å². The fourth-order valence-electron chi connectivity index (χ4n) is 16.1. The largest absolute Gasteiger partial charge is 0.494 e. The van der Waals surface area contributed by atoms with E-state index in [0.717, 1.165) is 71.8 Å². The first-order valence-electron chi connectivity index (χ1n) is 44.7. The molecule has 0 spiro atoms. The lowest BCUT2D eigenvalue weighted by Gasteiger charge is -2.12. The predicted octanol–water partition coefficient (Wildman–Crippen LogP) is 19.8. The van der Waals surface area contributed by atoms with E-state index in [0.29, 0.717) is 176 Å². The number of aryl methyl sites for hydroxylation is 10. The smallest absolute Gasteiger partial charge is 0.281 e. The number of amides is 6. The van der Waals surface area contributed by atoms with Crippen molar-refractivity contribution in [3.8, 4) is 17.2 Å². The highest BCUT2D eigenvalue weighted by molar-refractivity contribution is 7.90. The van der Waals surface area contributed by atoms with Crippen LogP contribution in [0, 0.1) is 54.3 Å². The van der Waals surface area contributed by atoms with Crippen LogP contribution in [0.1, 0.15) is 155 Å². The Balaban J connectivity index is 0.000000177. The summed E-state index contributed by atoms with van der Waals surface area (Å²) in [5.41, 5.74) is 14.7. The van der Waals surface area contributed by atoms with Crippen molar-refractivity contribution >= 4 is 168 Å².